The van der Waals surface area contributed by atoms with Crippen LogP contribution in [0.15, 0.2) is 18.5 Å². The summed E-state index contributed by atoms with van der Waals surface area (Å²) in [4.78, 5) is 6.39. The average Bonchev–Trinajstić information content (AvgIpc) is 2.54. The highest BCUT2D eigenvalue weighted by Crippen LogP contribution is 2.36. The van der Waals surface area contributed by atoms with E-state index in [0.29, 0.717) is 18.1 Å². The third-order valence-corrected chi connectivity index (χ3v) is 4.05. The average molecular weight is 235 g/mol. The highest BCUT2D eigenvalue weighted by atomic mass is 19.1. The molecule has 4 heteroatoms. The van der Waals surface area contributed by atoms with Crippen molar-refractivity contribution in [3.8, 4) is 0 Å². The van der Waals surface area contributed by atoms with Crippen molar-refractivity contribution >= 4 is 0 Å². The molecule has 2 atom stereocenters. The van der Waals surface area contributed by atoms with E-state index in [1.807, 2.05) is 0 Å². The Kier molecular flexibility index (Phi) is 2.84. The fraction of sp³-hybridized carbons (Fsp3) is 0.615. The van der Waals surface area contributed by atoms with Gasteiger partial charge in [-0.15, -0.1) is 0 Å². The number of rotatable bonds is 2. The van der Waals surface area contributed by atoms with Crippen LogP contribution in [0.5, 0.6) is 0 Å². The van der Waals surface area contributed by atoms with Gasteiger partial charge in [0.2, 0.25) is 0 Å². The first kappa shape index (κ1) is 11.1. The minimum atomic E-state index is -0.247. The van der Waals surface area contributed by atoms with E-state index in [2.05, 4.69) is 9.88 Å². The first-order chi connectivity index (χ1) is 8.22. The highest BCUT2D eigenvalue weighted by Gasteiger charge is 2.39. The summed E-state index contributed by atoms with van der Waals surface area (Å²) in [6.07, 6.45) is 7.65. The van der Waals surface area contributed by atoms with E-state index in [4.69, 9.17) is 5.73 Å². The zero-order valence-electron chi connectivity index (χ0n) is 9.85. The molecule has 92 valence electrons. The van der Waals surface area contributed by atoms with Gasteiger partial charge in [0.05, 0.1) is 6.20 Å². The van der Waals surface area contributed by atoms with Gasteiger partial charge in [-0.3, -0.25) is 9.88 Å². The Bertz CT molecular complexity index is 395. The van der Waals surface area contributed by atoms with Crippen LogP contribution in [0.1, 0.15) is 31.2 Å². The molecule has 2 fully saturated rings. The molecular formula is C13H18FN3. The van der Waals surface area contributed by atoms with Crippen molar-refractivity contribution in [1.29, 1.82) is 0 Å². The van der Waals surface area contributed by atoms with E-state index in [1.165, 1.54) is 19.0 Å². The molecule has 0 aliphatic carbocycles. The Balaban J connectivity index is 1.74. The Morgan fingerprint density at radius 1 is 1.29 bits per heavy atom. The van der Waals surface area contributed by atoms with Crippen LogP contribution >= 0.6 is 0 Å². The summed E-state index contributed by atoms with van der Waals surface area (Å²) in [5.74, 6) is -0.247. The van der Waals surface area contributed by atoms with Gasteiger partial charge in [0.1, 0.15) is 5.82 Å². The highest BCUT2D eigenvalue weighted by molar-refractivity contribution is 5.11. The maximum Gasteiger partial charge on any atom is 0.141 e. The molecule has 1 aromatic heterocycles. The summed E-state index contributed by atoms with van der Waals surface area (Å²) >= 11 is 0. The van der Waals surface area contributed by atoms with Crippen molar-refractivity contribution in [2.24, 2.45) is 5.73 Å². The third kappa shape index (κ3) is 2.19. The number of halogens is 1. The molecule has 0 aromatic carbocycles. The summed E-state index contributed by atoms with van der Waals surface area (Å²) in [7, 11) is 0. The molecule has 0 amide bonds. The van der Waals surface area contributed by atoms with Crippen LogP contribution in [-0.2, 0) is 6.54 Å². The van der Waals surface area contributed by atoms with Crippen molar-refractivity contribution in [3.05, 3.63) is 29.8 Å². The van der Waals surface area contributed by atoms with Crippen molar-refractivity contribution in [1.82, 2.24) is 9.88 Å². The van der Waals surface area contributed by atoms with E-state index in [-0.39, 0.29) is 5.82 Å². The minimum Gasteiger partial charge on any atom is -0.328 e. The second-order valence-corrected chi connectivity index (χ2v) is 5.30. The van der Waals surface area contributed by atoms with Gasteiger partial charge in [0.25, 0.3) is 0 Å². The molecule has 2 saturated heterocycles. The molecule has 2 unspecified atom stereocenters. The van der Waals surface area contributed by atoms with E-state index >= 15 is 0 Å². The lowest BCUT2D eigenvalue weighted by Crippen LogP contribution is -2.46. The van der Waals surface area contributed by atoms with Crippen molar-refractivity contribution in [2.75, 3.05) is 0 Å². The van der Waals surface area contributed by atoms with Gasteiger partial charge in [0.15, 0.2) is 0 Å². The molecule has 2 aliphatic rings. The topological polar surface area (TPSA) is 42.1 Å². The van der Waals surface area contributed by atoms with Gasteiger partial charge in [-0.2, -0.15) is 0 Å². The number of nitrogens with zero attached hydrogens (tertiary/aromatic N) is 2. The minimum absolute atomic E-state index is 0.247. The lowest BCUT2D eigenvalue weighted by atomic mass is 9.97. The lowest BCUT2D eigenvalue weighted by Gasteiger charge is -2.37. The Hall–Kier alpha value is -1.00. The van der Waals surface area contributed by atoms with E-state index in [9.17, 15) is 4.39 Å². The van der Waals surface area contributed by atoms with Crippen LogP contribution < -0.4 is 5.73 Å². The Morgan fingerprint density at radius 3 is 2.65 bits per heavy atom. The van der Waals surface area contributed by atoms with Crippen molar-refractivity contribution < 1.29 is 4.39 Å². The Morgan fingerprint density at radius 2 is 2.00 bits per heavy atom. The van der Waals surface area contributed by atoms with Crippen LogP contribution in [-0.4, -0.2) is 28.0 Å². The molecule has 3 heterocycles. The fourth-order valence-corrected chi connectivity index (χ4v) is 3.33. The van der Waals surface area contributed by atoms with Crippen LogP contribution in [0.3, 0.4) is 0 Å². The van der Waals surface area contributed by atoms with Crippen molar-refractivity contribution in [2.45, 2.75) is 50.4 Å². The van der Waals surface area contributed by atoms with Gasteiger partial charge in [-0.25, -0.2) is 4.39 Å². The second kappa shape index (κ2) is 4.35. The molecule has 0 spiro atoms. The standard InChI is InChI=1S/C13H18FN3/c14-10-3-9(6-16-7-10)8-17-12-1-2-13(17)5-11(15)4-12/h3,6-7,11-13H,1-2,4-5,8,15H2. The molecule has 1 aromatic rings. The number of aromatic nitrogens is 1. The molecule has 3 nitrogen and oxygen atoms in total. The zero-order chi connectivity index (χ0) is 11.8. The normalized spacial score (nSPS) is 32.9. The van der Waals surface area contributed by atoms with Crippen LogP contribution in [0.2, 0.25) is 0 Å². The quantitative estimate of drug-likeness (QED) is 0.848. The van der Waals surface area contributed by atoms with Crippen LogP contribution in [0.25, 0.3) is 0 Å². The van der Waals surface area contributed by atoms with Gasteiger partial charge >= 0.3 is 0 Å². The fourth-order valence-electron chi connectivity index (χ4n) is 3.33. The number of pyridine rings is 1. The Labute approximate surface area is 101 Å². The zero-order valence-corrected chi connectivity index (χ0v) is 9.85. The predicted molar refractivity (Wildman–Crippen MR) is 63.8 cm³/mol. The van der Waals surface area contributed by atoms with Gasteiger partial charge in [-0.05, 0) is 37.3 Å². The molecule has 2 bridgehead atoms. The molecule has 0 saturated carbocycles. The van der Waals surface area contributed by atoms with E-state index < -0.39 is 0 Å². The molecule has 3 rings (SSSR count). The first-order valence-corrected chi connectivity index (χ1v) is 6.33. The largest absolute Gasteiger partial charge is 0.328 e. The van der Waals surface area contributed by atoms with Gasteiger partial charge < -0.3 is 5.73 Å². The molecule has 17 heavy (non-hydrogen) atoms. The smallest absolute Gasteiger partial charge is 0.141 e. The molecule has 2 N–H and O–H groups in total. The summed E-state index contributed by atoms with van der Waals surface area (Å²) in [5, 5.41) is 0. The number of hydrogen-bond acceptors (Lipinski definition) is 3. The summed E-state index contributed by atoms with van der Waals surface area (Å²) in [6.45, 7) is 0.812. The van der Waals surface area contributed by atoms with Crippen LogP contribution in [0, 0.1) is 5.82 Å². The maximum atomic E-state index is 13.1. The number of fused-ring (bicyclic) bond motifs is 2. The van der Waals surface area contributed by atoms with Crippen molar-refractivity contribution in [3.63, 3.8) is 0 Å². The monoisotopic (exact) mass is 235 g/mol. The second-order valence-electron chi connectivity index (χ2n) is 5.30. The van der Waals surface area contributed by atoms with Crippen LogP contribution in [0.4, 0.5) is 4.39 Å². The molecular weight excluding hydrogens is 217 g/mol. The lowest BCUT2D eigenvalue weighted by molar-refractivity contribution is 0.119. The SMILES string of the molecule is NC1CC2CCC(C1)N2Cc1cncc(F)c1. The molecule has 2 aliphatic heterocycles. The summed E-state index contributed by atoms with van der Waals surface area (Å²) < 4.78 is 13.1. The number of piperidine rings is 1. The number of hydrogen-bond donors (Lipinski definition) is 1. The maximum absolute atomic E-state index is 13.1. The van der Waals surface area contributed by atoms with E-state index in [1.54, 1.807) is 12.3 Å². The van der Waals surface area contributed by atoms with E-state index in [0.717, 1.165) is 24.9 Å². The summed E-state index contributed by atoms with van der Waals surface area (Å²) in [6, 6.07) is 3.12. The molecule has 0 radical (unpaired) electrons. The van der Waals surface area contributed by atoms with Gasteiger partial charge in [-0.1, -0.05) is 0 Å². The number of nitrogens with two attached hydrogens (primary N) is 1. The third-order valence-electron chi connectivity index (χ3n) is 4.05. The first-order valence-electron chi connectivity index (χ1n) is 6.33. The predicted octanol–water partition coefficient (Wildman–Crippen LogP) is 1.67. The summed E-state index contributed by atoms with van der Waals surface area (Å²) in [5.41, 5.74) is 7.01. The van der Waals surface area contributed by atoms with Gasteiger partial charge in [0, 0.05) is 30.9 Å².